The van der Waals surface area contributed by atoms with Gasteiger partial charge in [-0.25, -0.2) is 0 Å². The molecule has 0 aliphatic rings. The number of anilines is 1. The first kappa shape index (κ1) is 16.1. The number of aryl methyl sites for hydroxylation is 2. The average molecular weight is 347 g/mol. The molecule has 2 aromatic carbocycles. The maximum atomic E-state index is 6.03. The fraction of sp³-hybridized carbons (Fsp3) is 0.333. The molecule has 0 heterocycles. The van der Waals surface area contributed by atoms with E-state index in [9.17, 15) is 0 Å². The van der Waals surface area contributed by atoms with Crippen molar-refractivity contribution in [2.75, 3.05) is 11.9 Å². The lowest BCUT2D eigenvalue weighted by Gasteiger charge is -2.31. The van der Waals surface area contributed by atoms with E-state index in [4.69, 9.17) is 5.73 Å². The SMILES string of the molecule is Cc1ccc(Br)c(NC(C)(CN)CCc2ccccc2)c1. The largest absolute Gasteiger partial charge is 0.378 e. The minimum Gasteiger partial charge on any atom is -0.378 e. The number of halogens is 1. The summed E-state index contributed by atoms with van der Waals surface area (Å²) in [6, 6.07) is 16.9. The van der Waals surface area contributed by atoms with Gasteiger partial charge in [-0.05, 0) is 65.9 Å². The number of hydrogen-bond acceptors (Lipinski definition) is 2. The molecule has 2 rings (SSSR count). The van der Waals surface area contributed by atoms with Crippen molar-refractivity contribution in [1.29, 1.82) is 0 Å². The highest BCUT2D eigenvalue weighted by molar-refractivity contribution is 9.10. The number of nitrogens with one attached hydrogen (secondary N) is 1. The highest BCUT2D eigenvalue weighted by Crippen LogP contribution is 2.28. The van der Waals surface area contributed by atoms with Crippen LogP contribution >= 0.6 is 15.9 Å². The first-order chi connectivity index (χ1) is 10.0. The average Bonchev–Trinajstić information content (AvgIpc) is 2.50. The second-order valence-corrected chi connectivity index (χ2v) is 6.71. The highest BCUT2D eigenvalue weighted by Gasteiger charge is 2.22. The Morgan fingerprint density at radius 2 is 1.86 bits per heavy atom. The van der Waals surface area contributed by atoms with Gasteiger partial charge in [-0.3, -0.25) is 0 Å². The third-order valence-electron chi connectivity index (χ3n) is 3.82. The van der Waals surface area contributed by atoms with Crippen LogP contribution < -0.4 is 11.1 Å². The summed E-state index contributed by atoms with van der Waals surface area (Å²) in [4.78, 5) is 0. The van der Waals surface area contributed by atoms with Gasteiger partial charge in [0.25, 0.3) is 0 Å². The van der Waals surface area contributed by atoms with Crippen LogP contribution in [-0.4, -0.2) is 12.1 Å². The molecule has 3 N–H and O–H groups in total. The topological polar surface area (TPSA) is 38.0 Å². The molecule has 0 aromatic heterocycles. The van der Waals surface area contributed by atoms with Gasteiger partial charge in [0.15, 0.2) is 0 Å². The van der Waals surface area contributed by atoms with Crippen molar-refractivity contribution in [3.8, 4) is 0 Å². The lowest BCUT2D eigenvalue weighted by molar-refractivity contribution is 0.482. The summed E-state index contributed by atoms with van der Waals surface area (Å²) in [5.41, 5.74) is 9.61. The third kappa shape index (κ3) is 4.58. The van der Waals surface area contributed by atoms with Crippen LogP contribution in [0.4, 0.5) is 5.69 Å². The molecule has 2 nitrogen and oxygen atoms in total. The smallest absolute Gasteiger partial charge is 0.0491 e. The van der Waals surface area contributed by atoms with Gasteiger partial charge in [0.05, 0.1) is 0 Å². The first-order valence-corrected chi connectivity index (χ1v) is 8.10. The van der Waals surface area contributed by atoms with Crippen LogP contribution in [0.5, 0.6) is 0 Å². The quantitative estimate of drug-likeness (QED) is 0.806. The Kier molecular flexibility index (Phi) is 5.43. The maximum absolute atomic E-state index is 6.03. The van der Waals surface area contributed by atoms with Crippen LogP contribution in [0.25, 0.3) is 0 Å². The highest BCUT2D eigenvalue weighted by atomic mass is 79.9. The van der Waals surface area contributed by atoms with Crippen LogP contribution in [-0.2, 0) is 6.42 Å². The van der Waals surface area contributed by atoms with E-state index in [1.807, 2.05) is 6.07 Å². The molecule has 0 aliphatic carbocycles. The molecule has 0 aliphatic heterocycles. The Morgan fingerprint density at radius 1 is 1.14 bits per heavy atom. The van der Waals surface area contributed by atoms with Gasteiger partial charge in [0.2, 0.25) is 0 Å². The second kappa shape index (κ2) is 7.10. The van der Waals surface area contributed by atoms with E-state index < -0.39 is 0 Å². The van der Waals surface area contributed by atoms with Gasteiger partial charge in [0, 0.05) is 22.2 Å². The Balaban J connectivity index is 2.08. The van der Waals surface area contributed by atoms with Crippen molar-refractivity contribution in [1.82, 2.24) is 0 Å². The molecule has 112 valence electrons. The molecule has 2 aromatic rings. The standard InChI is InChI=1S/C18H23BrN2/c1-14-8-9-16(19)17(12-14)21-18(2,13-20)11-10-15-6-4-3-5-7-15/h3-9,12,21H,10-11,13,20H2,1-2H3. The summed E-state index contributed by atoms with van der Waals surface area (Å²) in [5.74, 6) is 0. The summed E-state index contributed by atoms with van der Waals surface area (Å²) in [6.45, 7) is 4.88. The molecule has 0 radical (unpaired) electrons. The minimum atomic E-state index is -0.119. The molecule has 0 bridgehead atoms. The van der Waals surface area contributed by atoms with E-state index in [1.165, 1.54) is 11.1 Å². The van der Waals surface area contributed by atoms with Crippen molar-refractivity contribution in [3.05, 3.63) is 64.1 Å². The Morgan fingerprint density at radius 3 is 2.52 bits per heavy atom. The monoisotopic (exact) mass is 346 g/mol. The zero-order valence-corrected chi connectivity index (χ0v) is 14.3. The van der Waals surface area contributed by atoms with E-state index >= 15 is 0 Å². The molecule has 0 saturated heterocycles. The fourth-order valence-corrected chi connectivity index (χ4v) is 2.69. The molecule has 0 amide bonds. The predicted octanol–water partition coefficient (Wildman–Crippen LogP) is 4.52. The summed E-state index contributed by atoms with van der Waals surface area (Å²) in [7, 11) is 0. The van der Waals surface area contributed by atoms with Crippen molar-refractivity contribution in [3.63, 3.8) is 0 Å². The number of rotatable bonds is 6. The molecular formula is C18H23BrN2. The van der Waals surface area contributed by atoms with E-state index in [-0.39, 0.29) is 5.54 Å². The Labute approximate surface area is 135 Å². The van der Waals surface area contributed by atoms with E-state index in [0.29, 0.717) is 6.54 Å². The molecular weight excluding hydrogens is 324 g/mol. The van der Waals surface area contributed by atoms with Crippen molar-refractivity contribution < 1.29 is 0 Å². The van der Waals surface area contributed by atoms with Gasteiger partial charge >= 0.3 is 0 Å². The van der Waals surface area contributed by atoms with Crippen LogP contribution in [0, 0.1) is 6.92 Å². The molecule has 3 heteroatoms. The lowest BCUT2D eigenvalue weighted by atomic mass is 9.92. The normalized spacial score (nSPS) is 13.7. The molecule has 0 fully saturated rings. The number of benzene rings is 2. The van der Waals surface area contributed by atoms with Gasteiger partial charge in [-0.2, -0.15) is 0 Å². The summed E-state index contributed by atoms with van der Waals surface area (Å²) >= 11 is 3.61. The Bertz CT molecular complexity index is 583. The maximum Gasteiger partial charge on any atom is 0.0491 e. The first-order valence-electron chi connectivity index (χ1n) is 7.31. The molecule has 1 atom stereocenters. The van der Waals surface area contributed by atoms with E-state index in [2.05, 4.69) is 77.6 Å². The summed E-state index contributed by atoms with van der Waals surface area (Å²) in [6.07, 6.45) is 2.01. The third-order valence-corrected chi connectivity index (χ3v) is 4.51. The van der Waals surface area contributed by atoms with Crippen LogP contribution in [0.2, 0.25) is 0 Å². The molecule has 0 spiro atoms. The molecule has 21 heavy (non-hydrogen) atoms. The number of nitrogens with two attached hydrogens (primary N) is 1. The predicted molar refractivity (Wildman–Crippen MR) is 94.7 cm³/mol. The van der Waals surface area contributed by atoms with Crippen LogP contribution in [0.1, 0.15) is 24.5 Å². The van der Waals surface area contributed by atoms with Crippen LogP contribution in [0.15, 0.2) is 53.0 Å². The van der Waals surface area contributed by atoms with Gasteiger partial charge in [-0.15, -0.1) is 0 Å². The number of hydrogen-bond donors (Lipinski definition) is 2. The fourth-order valence-electron chi connectivity index (χ4n) is 2.34. The zero-order chi connectivity index (χ0) is 15.3. The molecule has 0 saturated carbocycles. The van der Waals surface area contributed by atoms with Gasteiger partial charge in [-0.1, -0.05) is 36.4 Å². The zero-order valence-electron chi connectivity index (χ0n) is 12.7. The lowest BCUT2D eigenvalue weighted by Crippen LogP contribution is -2.43. The van der Waals surface area contributed by atoms with Crippen molar-refractivity contribution in [2.24, 2.45) is 5.73 Å². The van der Waals surface area contributed by atoms with Crippen LogP contribution in [0.3, 0.4) is 0 Å². The van der Waals surface area contributed by atoms with Gasteiger partial charge < -0.3 is 11.1 Å². The summed E-state index contributed by atoms with van der Waals surface area (Å²) < 4.78 is 1.08. The van der Waals surface area contributed by atoms with Gasteiger partial charge in [0.1, 0.15) is 0 Å². The van der Waals surface area contributed by atoms with E-state index in [1.54, 1.807) is 0 Å². The minimum absolute atomic E-state index is 0.119. The second-order valence-electron chi connectivity index (χ2n) is 5.86. The van der Waals surface area contributed by atoms with Crippen molar-refractivity contribution >= 4 is 21.6 Å². The molecule has 1 unspecified atom stereocenters. The Hall–Kier alpha value is -1.32. The van der Waals surface area contributed by atoms with Crippen molar-refractivity contribution in [2.45, 2.75) is 32.2 Å². The van der Waals surface area contributed by atoms with E-state index in [0.717, 1.165) is 23.0 Å². The summed E-state index contributed by atoms with van der Waals surface area (Å²) in [5, 5.41) is 3.61.